The van der Waals surface area contributed by atoms with Gasteiger partial charge in [0.25, 0.3) is 5.91 Å². The molecule has 1 aliphatic rings. The number of pyridine rings is 1. The van der Waals surface area contributed by atoms with Crippen LogP contribution in [0.25, 0.3) is 0 Å². The average Bonchev–Trinajstić information content (AvgIpc) is 2.63. The van der Waals surface area contributed by atoms with Gasteiger partial charge in [0.2, 0.25) is 0 Å². The molecule has 1 aromatic heterocycles. The summed E-state index contributed by atoms with van der Waals surface area (Å²) in [5, 5.41) is 9.61. The summed E-state index contributed by atoms with van der Waals surface area (Å²) in [6.45, 7) is 5.53. The van der Waals surface area contributed by atoms with Gasteiger partial charge in [0.05, 0.1) is 26.4 Å². The quantitative estimate of drug-likeness (QED) is 0.739. The Hall–Kier alpha value is -1.83. The fourth-order valence-electron chi connectivity index (χ4n) is 3.47. The molecule has 29 heavy (non-hydrogen) atoms. The predicted octanol–water partition coefficient (Wildman–Crippen LogP) is 4.33. The van der Waals surface area contributed by atoms with Crippen molar-refractivity contribution in [1.29, 1.82) is 0 Å². The van der Waals surface area contributed by atoms with E-state index in [1.807, 2.05) is 0 Å². The van der Waals surface area contributed by atoms with Crippen molar-refractivity contribution in [2.45, 2.75) is 37.3 Å². The van der Waals surface area contributed by atoms with Gasteiger partial charge >= 0.3 is 0 Å². The molecule has 0 atom stereocenters. The van der Waals surface area contributed by atoms with Crippen LogP contribution in [0.3, 0.4) is 0 Å². The van der Waals surface area contributed by atoms with Gasteiger partial charge in [-0.25, -0.2) is 13.4 Å². The van der Waals surface area contributed by atoms with Crippen LogP contribution in [-0.4, -0.2) is 42.4 Å². The Bertz CT molecular complexity index is 1050. The van der Waals surface area contributed by atoms with E-state index >= 15 is 0 Å². The van der Waals surface area contributed by atoms with Gasteiger partial charge in [-0.15, -0.1) is 0 Å². The van der Waals surface area contributed by atoms with Crippen molar-refractivity contribution in [3.05, 3.63) is 51.8 Å². The van der Waals surface area contributed by atoms with Gasteiger partial charge in [-0.3, -0.25) is 4.79 Å². The minimum atomic E-state index is -3.91. The van der Waals surface area contributed by atoms with Crippen LogP contribution < -0.4 is 0 Å². The molecule has 9 heteroatoms. The molecular formula is C20H22Cl2N2O4S. The van der Waals surface area contributed by atoms with E-state index in [0.29, 0.717) is 13.1 Å². The Balaban J connectivity index is 1.84. The van der Waals surface area contributed by atoms with E-state index in [-0.39, 0.29) is 43.4 Å². The summed E-state index contributed by atoms with van der Waals surface area (Å²) >= 11 is 11.8. The number of carbonyl (C=O) groups is 1. The van der Waals surface area contributed by atoms with Crippen molar-refractivity contribution in [3.63, 3.8) is 0 Å². The standard InChI is InChI=1S/C20H22Cl2N2O4S/c1-20(2)7-4-8-24(12-20)19(26)16-6-3-5-13(23-16)11-29(27,28)18-10-17(25)14(21)9-15(18)22/h3,5-6,9-10,25H,4,7-8,11-12H2,1-2H3. The molecule has 1 N–H and O–H groups in total. The predicted molar refractivity (Wildman–Crippen MR) is 112 cm³/mol. The van der Waals surface area contributed by atoms with Crippen molar-refractivity contribution in [1.82, 2.24) is 9.88 Å². The van der Waals surface area contributed by atoms with E-state index in [1.165, 1.54) is 12.1 Å². The molecule has 1 aromatic carbocycles. The number of phenols is 1. The molecule has 156 valence electrons. The van der Waals surface area contributed by atoms with Crippen LogP contribution in [0.4, 0.5) is 0 Å². The van der Waals surface area contributed by atoms with Gasteiger partial charge in [-0.1, -0.05) is 43.1 Å². The second kappa shape index (κ2) is 8.13. The number of phenolic OH excluding ortho intramolecular Hbond substituents is 1. The van der Waals surface area contributed by atoms with Crippen molar-refractivity contribution < 1.29 is 18.3 Å². The number of amides is 1. The molecule has 1 amide bonds. The topological polar surface area (TPSA) is 87.6 Å². The third-order valence-electron chi connectivity index (χ3n) is 4.89. The van der Waals surface area contributed by atoms with Crippen LogP contribution >= 0.6 is 23.2 Å². The first-order valence-corrected chi connectivity index (χ1v) is 11.6. The maximum atomic E-state index is 12.9. The first kappa shape index (κ1) is 21.9. The Labute approximate surface area is 180 Å². The second-order valence-corrected chi connectivity index (χ2v) is 10.8. The summed E-state index contributed by atoms with van der Waals surface area (Å²) in [5.41, 5.74) is 0.473. The molecule has 2 heterocycles. The number of rotatable bonds is 4. The lowest BCUT2D eigenvalue weighted by atomic mass is 9.84. The maximum Gasteiger partial charge on any atom is 0.272 e. The summed E-state index contributed by atoms with van der Waals surface area (Å²) < 4.78 is 25.6. The number of sulfone groups is 1. The number of nitrogens with zero attached hydrogens (tertiary/aromatic N) is 2. The molecule has 1 fully saturated rings. The SMILES string of the molecule is CC1(C)CCCN(C(=O)c2cccc(CS(=O)(=O)c3cc(O)c(Cl)cc3Cl)n2)C1. The lowest BCUT2D eigenvalue weighted by molar-refractivity contribution is 0.0577. The van der Waals surface area contributed by atoms with Crippen LogP contribution in [-0.2, 0) is 15.6 Å². The Kier molecular flexibility index (Phi) is 6.13. The molecule has 0 spiro atoms. The summed E-state index contributed by atoms with van der Waals surface area (Å²) in [4.78, 5) is 18.7. The highest BCUT2D eigenvalue weighted by atomic mass is 35.5. The molecule has 2 aromatic rings. The number of aromatic nitrogens is 1. The van der Waals surface area contributed by atoms with Gasteiger partial charge in [0, 0.05) is 19.2 Å². The zero-order chi connectivity index (χ0) is 21.4. The fraction of sp³-hybridized carbons (Fsp3) is 0.400. The van der Waals surface area contributed by atoms with Gasteiger partial charge in [-0.2, -0.15) is 0 Å². The molecule has 0 radical (unpaired) electrons. The van der Waals surface area contributed by atoms with Gasteiger partial charge in [0.15, 0.2) is 9.84 Å². The van der Waals surface area contributed by atoms with Crippen LogP contribution in [0.15, 0.2) is 35.2 Å². The lowest BCUT2D eigenvalue weighted by Gasteiger charge is -2.37. The molecule has 3 rings (SSSR count). The van der Waals surface area contributed by atoms with E-state index in [9.17, 15) is 18.3 Å². The molecule has 0 aliphatic carbocycles. The minimum absolute atomic E-state index is 0.0378. The lowest BCUT2D eigenvalue weighted by Crippen LogP contribution is -2.43. The summed E-state index contributed by atoms with van der Waals surface area (Å²) in [7, 11) is -3.91. The molecule has 0 unspecified atom stereocenters. The number of halogens is 2. The van der Waals surface area contributed by atoms with E-state index < -0.39 is 15.6 Å². The third-order valence-corrected chi connectivity index (χ3v) is 7.30. The number of hydrogen-bond donors (Lipinski definition) is 1. The van der Waals surface area contributed by atoms with Crippen LogP contribution in [0, 0.1) is 5.41 Å². The maximum absolute atomic E-state index is 12.9. The van der Waals surface area contributed by atoms with Crippen molar-refractivity contribution in [2.24, 2.45) is 5.41 Å². The molecule has 0 bridgehead atoms. The van der Waals surface area contributed by atoms with E-state index in [2.05, 4.69) is 18.8 Å². The second-order valence-electron chi connectivity index (χ2n) is 8.00. The Morgan fingerprint density at radius 2 is 1.97 bits per heavy atom. The Morgan fingerprint density at radius 3 is 2.66 bits per heavy atom. The number of piperidine rings is 1. The number of carbonyl (C=O) groups excluding carboxylic acids is 1. The van der Waals surface area contributed by atoms with Crippen LogP contribution in [0.2, 0.25) is 10.0 Å². The molecular weight excluding hydrogens is 435 g/mol. The first-order chi connectivity index (χ1) is 13.5. The normalized spacial score (nSPS) is 16.6. The van der Waals surface area contributed by atoms with E-state index in [4.69, 9.17) is 23.2 Å². The Morgan fingerprint density at radius 1 is 1.24 bits per heavy atom. The zero-order valence-corrected chi connectivity index (χ0v) is 18.5. The molecule has 1 aliphatic heterocycles. The van der Waals surface area contributed by atoms with E-state index in [0.717, 1.165) is 18.9 Å². The smallest absolute Gasteiger partial charge is 0.272 e. The molecule has 0 saturated carbocycles. The minimum Gasteiger partial charge on any atom is -0.506 e. The average molecular weight is 457 g/mol. The van der Waals surface area contributed by atoms with Crippen molar-refractivity contribution in [3.8, 4) is 5.75 Å². The van der Waals surface area contributed by atoms with Gasteiger partial charge in [-0.05, 0) is 36.5 Å². The number of benzene rings is 1. The highest BCUT2D eigenvalue weighted by Crippen LogP contribution is 2.34. The van der Waals surface area contributed by atoms with Gasteiger partial charge in [0.1, 0.15) is 11.4 Å². The van der Waals surface area contributed by atoms with Crippen LogP contribution in [0.1, 0.15) is 42.9 Å². The monoisotopic (exact) mass is 456 g/mol. The summed E-state index contributed by atoms with van der Waals surface area (Å²) in [6.07, 6.45) is 1.97. The highest BCUT2D eigenvalue weighted by Gasteiger charge is 2.30. The summed E-state index contributed by atoms with van der Waals surface area (Å²) in [6, 6.07) is 6.93. The summed E-state index contributed by atoms with van der Waals surface area (Å²) in [5.74, 6) is -1.04. The number of aromatic hydroxyl groups is 1. The zero-order valence-electron chi connectivity index (χ0n) is 16.2. The molecule has 1 saturated heterocycles. The van der Waals surface area contributed by atoms with Crippen molar-refractivity contribution in [2.75, 3.05) is 13.1 Å². The fourth-order valence-corrected chi connectivity index (χ4v) is 5.56. The van der Waals surface area contributed by atoms with Crippen molar-refractivity contribution >= 4 is 38.9 Å². The number of hydrogen-bond acceptors (Lipinski definition) is 5. The number of likely N-dealkylation sites (tertiary alicyclic amines) is 1. The first-order valence-electron chi connectivity index (χ1n) is 9.14. The van der Waals surface area contributed by atoms with Crippen LogP contribution in [0.5, 0.6) is 5.75 Å². The van der Waals surface area contributed by atoms with Gasteiger partial charge < -0.3 is 10.0 Å². The third kappa shape index (κ3) is 5.02. The van der Waals surface area contributed by atoms with E-state index in [1.54, 1.807) is 17.0 Å². The molecule has 6 nitrogen and oxygen atoms in total. The highest BCUT2D eigenvalue weighted by molar-refractivity contribution is 7.90. The largest absolute Gasteiger partial charge is 0.506 e.